The molecular formula is C86H147N21O30S3. The Hall–Kier alpha value is -5.41. The van der Waals surface area contributed by atoms with E-state index in [1.54, 1.807) is 0 Å². The van der Waals surface area contributed by atoms with Gasteiger partial charge < -0.3 is 223 Å². The number of nitrogens with two attached hydrogens (primary N) is 12. The zero-order chi connectivity index (χ0) is 102. The number of hydrogen-bond acceptors (Lipinski definition) is 47. The van der Waals surface area contributed by atoms with Gasteiger partial charge in [-0.15, -0.1) is 0 Å². The van der Waals surface area contributed by atoms with Crippen molar-refractivity contribution in [1.29, 1.82) is 0 Å². The van der Waals surface area contributed by atoms with E-state index in [0.717, 1.165) is 17.7 Å². The van der Waals surface area contributed by atoms with Crippen molar-refractivity contribution in [1.82, 2.24) is 46.2 Å². The lowest BCUT2D eigenvalue weighted by Gasteiger charge is -2.47. The number of carbonyl (C=O) groups is 6. The SMILES string of the molecule is CN(C)CCN1C(=O)c2ccc3c4c(ccc(c24)C1=O)C(=O)N(CCCC(=O)NCCCCCN(CCCCNC(=O)NCCSC[C@H]1OC(O[C@@H]2C(O)[C@H](N)CC(N)[C@H]2O[C@@H]2OC(CN)[C@@H](O)[C@H](O)C2N)[C@@H](O)[C@H]1O[C@H]1O[C@@H](CN)[C@@H](O)C(O)C1N)CCCNC(=S)NCCSC[C@H]1OC(O[C@@H]2C(O)[C@H](N)CC(N)[C@H]2O[C@@H]2OC(CN)[C@@H](O)[C@H](O)C2N)[C@@H](O)[C@H]1O[C@H]1O[C@@H](CN)[C@@H](O)C(O)C1N)C3=O. The molecule has 8 aliphatic heterocycles. The molecule has 0 bridgehead atoms. The number of aliphatic hydroxyl groups is 12. The van der Waals surface area contributed by atoms with E-state index in [0.29, 0.717) is 94.7 Å². The van der Waals surface area contributed by atoms with Crippen LogP contribution in [0.15, 0.2) is 24.3 Å². The third-order valence-electron chi connectivity index (χ3n) is 27.2. The van der Waals surface area contributed by atoms with Crippen molar-refractivity contribution in [3.63, 3.8) is 0 Å². The molecule has 140 heavy (non-hydrogen) atoms. The molecule has 38 atom stereocenters. The summed E-state index contributed by atoms with van der Waals surface area (Å²) in [5.41, 5.74) is 75.3. The maximum Gasteiger partial charge on any atom is 0.314 e. The van der Waals surface area contributed by atoms with Crippen molar-refractivity contribution in [3.8, 4) is 0 Å². The van der Waals surface area contributed by atoms with Gasteiger partial charge in [0.05, 0.1) is 48.6 Å². The number of urea groups is 1. The summed E-state index contributed by atoms with van der Waals surface area (Å²) in [6.45, 7) is 3.26. The van der Waals surface area contributed by atoms with Gasteiger partial charge in [-0.1, -0.05) is 6.42 Å². The monoisotopic (exact) mass is 2050 g/mol. The van der Waals surface area contributed by atoms with Crippen LogP contribution >= 0.6 is 35.7 Å². The van der Waals surface area contributed by atoms with Crippen LogP contribution in [0.25, 0.3) is 10.8 Å². The van der Waals surface area contributed by atoms with Gasteiger partial charge >= 0.3 is 6.03 Å². The van der Waals surface area contributed by atoms with E-state index in [9.17, 15) is 90.0 Å². The highest BCUT2D eigenvalue weighted by molar-refractivity contribution is 7.99. The van der Waals surface area contributed by atoms with Gasteiger partial charge in [0, 0.05) is 165 Å². The maximum absolute atomic E-state index is 14.0. The van der Waals surface area contributed by atoms with Crippen molar-refractivity contribution in [2.75, 3.05) is 135 Å². The Kier molecular flexibility index (Phi) is 42.5. The highest BCUT2D eigenvalue weighted by Gasteiger charge is 2.58. The van der Waals surface area contributed by atoms with Crippen LogP contribution in [0.1, 0.15) is 106 Å². The third-order valence-corrected chi connectivity index (χ3v) is 29.6. The lowest BCUT2D eigenvalue weighted by Crippen LogP contribution is -2.68. The van der Waals surface area contributed by atoms with E-state index < -0.39 is 262 Å². The van der Waals surface area contributed by atoms with E-state index in [4.69, 9.17) is 138 Å². The summed E-state index contributed by atoms with van der Waals surface area (Å²) in [6.07, 6.45) is -37.2. The smallest absolute Gasteiger partial charge is 0.314 e. The number of carbonyl (C=O) groups excluding carboxylic acids is 6. The molecule has 2 aliphatic carbocycles. The molecule has 2 aromatic rings. The number of imide groups is 2. The summed E-state index contributed by atoms with van der Waals surface area (Å²) >= 11 is 8.39. The van der Waals surface area contributed by atoms with Crippen LogP contribution in [-0.2, 0) is 61.6 Å². The Morgan fingerprint density at radius 2 is 0.707 bits per heavy atom. The molecule has 0 aromatic heterocycles. The van der Waals surface area contributed by atoms with Gasteiger partial charge in [-0.2, -0.15) is 23.5 Å². The number of thiocarbonyl (C=S) groups is 1. The van der Waals surface area contributed by atoms with Crippen LogP contribution in [0.3, 0.4) is 0 Å². The molecular weight excluding hydrogens is 1900 g/mol. The molecule has 0 radical (unpaired) electrons. The predicted molar refractivity (Wildman–Crippen MR) is 507 cm³/mol. The summed E-state index contributed by atoms with van der Waals surface area (Å²) < 4.78 is 73.9. The number of unbranched alkanes of at least 4 members (excludes halogenated alkanes) is 3. The Labute approximate surface area is 823 Å². The first-order valence-corrected chi connectivity index (χ1v) is 50.6. The molecule has 54 heteroatoms. The van der Waals surface area contributed by atoms with Crippen molar-refractivity contribution in [3.05, 3.63) is 46.5 Å². The standard InChI is InChI=1S/C86H147N21O30S3/c1-104(2)24-25-107-77(123)38-13-11-36-51-37(12-14-39(52(38)51)78(107)124)76(122)106(75(36)121)23-8-10-50(108)99-15-4-3-6-20-105(22-9-17-102-86(138)103-19-27-140-35-49-72(135-82-56(98)66(118)62(114)47(33-90)129-82)68(120)84(131-49)137-74-58(110)41(92)29-43(94)70(74)133-80-54(96)64(116)60(112)45(31-88)127-80)21-7-5-16-100-85(125)101-18-26-139-34-48-71(134-81-55(97)65(117)61(113)46(32-89)128-81)67(119)83(130-48)136-73-57(109)40(91)28-42(93)69(73)132-79-53(95)63(115)59(111)44(30-87)126-79/h11-14,40-49,53-74,79-84,109-120H,3-10,15-35,87-98H2,1-2H3,(H,99,108)(H2,100,101,125)(H2,102,103,138)/t40-,41-,42?,43?,44?,45?,46+,47+,48-,49-,53?,54?,55?,56?,57?,58?,59-,60-,61-,62-,63-,64-,65?,66?,67+,68+,69-,70-,71+,72+,73-,74-,79+,80+,81-,82-,83?,84?/m1/s1. The highest BCUT2D eigenvalue weighted by atomic mass is 32.2. The molecule has 2 aromatic carbocycles. The normalized spacial score (nSPS) is 37.9. The van der Waals surface area contributed by atoms with Gasteiger partial charge in [0.2, 0.25) is 5.91 Å². The molecule has 6 saturated heterocycles. The fourth-order valence-electron chi connectivity index (χ4n) is 19.0. The average molecular weight is 2050 g/mol. The molecule has 14 unspecified atom stereocenters. The van der Waals surface area contributed by atoms with Crippen molar-refractivity contribution in [2.24, 2.45) is 68.8 Å². The van der Waals surface area contributed by atoms with Crippen molar-refractivity contribution < 1.29 is 147 Å². The molecule has 8 heterocycles. The van der Waals surface area contributed by atoms with Crippen LogP contribution in [-0.4, -0.2) is 489 Å². The van der Waals surface area contributed by atoms with Gasteiger partial charge in [-0.25, -0.2) is 4.79 Å². The molecule has 12 rings (SSSR count). The summed E-state index contributed by atoms with van der Waals surface area (Å²) in [7, 11) is 3.65. The highest BCUT2D eigenvalue weighted by Crippen LogP contribution is 2.42. The van der Waals surface area contributed by atoms with Gasteiger partial charge in [0.1, 0.15) is 122 Å². The molecule has 2 saturated carbocycles. The number of rotatable bonds is 48. The quantitative estimate of drug-likeness (QED) is 0.0166. The van der Waals surface area contributed by atoms with Gasteiger partial charge in [-0.3, -0.25) is 33.8 Å². The molecule has 0 spiro atoms. The van der Waals surface area contributed by atoms with E-state index >= 15 is 0 Å². The van der Waals surface area contributed by atoms with Crippen LogP contribution in [0.5, 0.6) is 0 Å². The second-order valence-electron chi connectivity index (χ2n) is 37.5. The Balaban J connectivity index is 0.616. The lowest BCUT2D eigenvalue weighted by molar-refractivity contribution is -0.306. The summed E-state index contributed by atoms with van der Waals surface area (Å²) in [5, 5.41) is 149. The molecule has 7 amide bonds. The number of ether oxygens (including phenoxy) is 12. The zero-order valence-electron chi connectivity index (χ0n) is 78.4. The minimum absolute atomic E-state index is 0.0189. The number of thioether (sulfide) groups is 2. The number of amides is 7. The summed E-state index contributed by atoms with van der Waals surface area (Å²) in [6, 6.07) is -3.47. The van der Waals surface area contributed by atoms with E-state index in [2.05, 4.69) is 31.5 Å². The second kappa shape index (κ2) is 52.5. The average Bonchev–Trinajstić information content (AvgIpc) is 0.958. The minimum atomic E-state index is -1.67. The van der Waals surface area contributed by atoms with Gasteiger partial charge in [0.25, 0.3) is 23.6 Å². The third kappa shape index (κ3) is 27.0. The first-order chi connectivity index (χ1) is 66.8. The summed E-state index contributed by atoms with van der Waals surface area (Å²) in [5.74, 6) is -1.51. The van der Waals surface area contributed by atoms with E-state index in [-0.39, 0.29) is 122 Å². The number of aliphatic hydroxyl groups excluding tert-OH is 12. The van der Waals surface area contributed by atoms with Crippen LogP contribution in [0.2, 0.25) is 0 Å². The first-order valence-electron chi connectivity index (χ1n) is 47.8. The van der Waals surface area contributed by atoms with E-state index in [1.807, 2.05) is 19.0 Å². The van der Waals surface area contributed by atoms with Crippen LogP contribution < -0.4 is 95.4 Å². The van der Waals surface area contributed by atoms with Crippen molar-refractivity contribution in [2.45, 2.75) is 297 Å². The number of nitrogens with zero attached hydrogens (tertiary/aromatic N) is 4. The first kappa shape index (κ1) is 113. The molecule has 10 aliphatic rings. The van der Waals surface area contributed by atoms with E-state index in [1.165, 1.54) is 52.7 Å². The fraction of sp³-hybridized carbons (Fsp3) is 0.802. The zero-order valence-corrected chi connectivity index (χ0v) is 80.9. The predicted octanol–water partition coefficient (Wildman–Crippen LogP) is -13.4. The molecule has 41 N–H and O–H groups in total. The van der Waals surface area contributed by atoms with Crippen LogP contribution in [0.4, 0.5) is 4.79 Å². The number of benzene rings is 2. The van der Waals surface area contributed by atoms with Gasteiger partial charge in [0.15, 0.2) is 42.9 Å². The topological polar surface area (TPSA) is 841 Å². The Morgan fingerprint density at radius 3 is 1.11 bits per heavy atom. The Morgan fingerprint density at radius 1 is 0.379 bits per heavy atom. The maximum atomic E-state index is 14.0. The van der Waals surface area contributed by atoms with Gasteiger partial charge in [-0.05, 0) is 122 Å². The second-order valence-corrected chi connectivity index (χ2v) is 40.2. The van der Waals surface area contributed by atoms with Crippen LogP contribution in [0, 0.1) is 0 Å². The fourth-order valence-corrected chi connectivity index (χ4v) is 21.0. The summed E-state index contributed by atoms with van der Waals surface area (Å²) in [4.78, 5) is 88.2. The number of hydrogen-bond donors (Lipinski definition) is 29. The largest absolute Gasteiger partial charge is 0.389 e. The van der Waals surface area contributed by atoms with Crippen molar-refractivity contribution >= 4 is 87.2 Å². The number of likely N-dealkylation sites (N-methyl/N-ethyl adjacent to an activating group) is 1. The minimum Gasteiger partial charge on any atom is -0.389 e. The molecule has 8 fully saturated rings. The number of nitrogens with one attached hydrogen (secondary N) is 5. The molecule has 51 nitrogen and oxygen atoms in total. The lowest BCUT2D eigenvalue weighted by atomic mass is 9.84. The molecule has 794 valence electrons. The Bertz CT molecular complexity index is 4290.